The molecule has 0 spiro atoms. The highest BCUT2D eigenvalue weighted by molar-refractivity contribution is 7.92. The van der Waals surface area contributed by atoms with E-state index in [0.29, 0.717) is 30.7 Å². The molecular weight excluding hydrogens is 542 g/mol. The molecule has 11 heteroatoms. The summed E-state index contributed by atoms with van der Waals surface area (Å²) >= 11 is 6.27. The van der Waals surface area contributed by atoms with E-state index in [-0.39, 0.29) is 52.2 Å². The first-order valence-corrected chi connectivity index (χ1v) is 14.5. The van der Waals surface area contributed by atoms with Crippen LogP contribution >= 0.6 is 11.6 Å². The van der Waals surface area contributed by atoms with Gasteiger partial charge in [-0.05, 0) is 62.9 Å². The molecule has 4 N–H and O–H groups in total. The van der Waals surface area contributed by atoms with E-state index in [1.807, 2.05) is 32.0 Å². The largest absolute Gasteiger partial charge is 0.505 e. The van der Waals surface area contributed by atoms with Gasteiger partial charge in [0.15, 0.2) is 0 Å². The lowest BCUT2D eigenvalue weighted by Gasteiger charge is -2.21. The average Bonchev–Trinajstić information content (AvgIpc) is 2.88. The summed E-state index contributed by atoms with van der Waals surface area (Å²) in [6.45, 7) is 4.35. The van der Waals surface area contributed by atoms with Crippen molar-refractivity contribution in [2.75, 3.05) is 27.7 Å². The number of halogens is 1. The van der Waals surface area contributed by atoms with Gasteiger partial charge in [-0.2, -0.15) is 0 Å². The topological polar surface area (TPSA) is 134 Å². The Labute approximate surface area is 232 Å². The number of aryl methyl sites for hydroxylation is 2. The predicted octanol–water partition coefficient (Wildman–Crippen LogP) is 5.40. The number of carbonyl (C=O) groups is 2. The Balaban J connectivity index is 1.38. The van der Waals surface area contributed by atoms with Crippen molar-refractivity contribution in [3.05, 3.63) is 75.8 Å². The van der Waals surface area contributed by atoms with Crippen molar-refractivity contribution in [3.8, 4) is 11.5 Å². The number of para-hydroxylation sites is 1. The second-order valence-electron chi connectivity index (χ2n) is 9.40. The number of amides is 2. The van der Waals surface area contributed by atoms with E-state index in [1.165, 1.54) is 18.2 Å². The molecule has 4 rings (SSSR count). The Kier molecular flexibility index (Phi) is 8.66. The predicted molar refractivity (Wildman–Crippen MR) is 153 cm³/mol. The Morgan fingerprint density at radius 1 is 1.08 bits per heavy atom. The second kappa shape index (κ2) is 12.0. The molecule has 0 saturated heterocycles. The minimum absolute atomic E-state index is 0.0568. The maximum absolute atomic E-state index is 13.1. The van der Waals surface area contributed by atoms with Gasteiger partial charge in [-0.15, -0.1) is 0 Å². The van der Waals surface area contributed by atoms with E-state index in [4.69, 9.17) is 16.3 Å². The SMILES string of the molecule is Cc1ccc(OCCCCS(=O)(=O)Nc2ccccc2C(=O)Nc2cc(Cl)c3c(c2O)CCC(=O)N3)c(C)c1. The van der Waals surface area contributed by atoms with Gasteiger partial charge in [0.2, 0.25) is 15.9 Å². The van der Waals surface area contributed by atoms with Crippen molar-refractivity contribution >= 4 is 50.5 Å². The van der Waals surface area contributed by atoms with Gasteiger partial charge in [0.05, 0.1) is 40.0 Å². The Hall–Kier alpha value is -3.76. The zero-order valence-corrected chi connectivity index (χ0v) is 23.2. The number of phenolic OH excluding ortho intramolecular Hbond substituents is 1. The number of anilines is 3. The van der Waals surface area contributed by atoms with E-state index < -0.39 is 15.9 Å². The van der Waals surface area contributed by atoms with Crippen molar-refractivity contribution in [1.29, 1.82) is 0 Å². The first-order valence-electron chi connectivity index (χ1n) is 12.5. The maximum atomic E-state index is 13.1. The van der Waals surface area contributed by atoms with Crippen LogP contribution in [0.5, 0.6) is 11.5 Å². The number of fused-ring (bicyclic) bond motifs is 1. The number of unbranched alkanes of at least 4 members (excludes halogenated alkanes) is 1. The average molecular weight is 572 g/mol. The zero-order chi connectivity index (χ0) is 28.2. The van der Waals surface area contributed by atoms with Gasteiger partial charge in [-0.1, -0.05) is 41.4 Å². The van der Waals surface area contributed by atoms with Crippen LogP contribution in [0.15, 0.2) is 48.5 Å². The molecule has 9 nitrogen and oxygen atoms in total. The molecule has 1 heterocycles. The number of aromatic hydroxyl groups is 1. The lowest BCUT2D eigenvalue weighted by Crippen LogP contribution is -2.22. The van der Waals surface area contributed by atoms with E-state index in [1.54, 1.807) is 12.1 Å². The lowest BCUT2D eigenvalue weighted by molar-refractivity contribution is -0.116. The summed E-state index contributed by atoms with van der Waals surface area (Å²) in [6.07, 6.45) is 1.35. The zero-order valence-electron chi connectivity index (χ0n) is 21.6. The fourth-order valence-electron chi connectivity index (χ4n) is 4.32. The van der Waals surface area contributed by atoms with Gasteiger partial charge in [-0.25, -0.2) is 8.42 Å². The number of phenols is 1. The Morgan fingerprint density at radius 2 is 1.85 bits per heavy atom. The normalized spacial score (nSPS) is 12.8. The van der Waals surface area contributed by atoms with Crippen LogP contribution in [0, 0.1) is 13.8 Å². The highest BCUT2D eigenvalue weighted by Crippen LogP contribution is 2.42. The van der Waals surface area contributed by atoms with Crippen LogP contribution in [0.25, 0.3) is 0 Å². The molecule has 0 atom stereocenters. The molecule has 1 aliphatic heterocycles. The summed E-state index contributed by atoms with van der Waals surface area (Å²) in [6, 6.07) is 13.4. The van der Waals surface area contributed by atoms with Crippen LogP contribution in [0.3, 0.4) is 0 Å². The summed E-state index contributed by atoms with van der Waals surface area (Å²) in [7, 11) is -3.75. The van der Waals surface area contributed by atoms with Crippen LogP contribution in [-0.2, 0) is 21.2 Å². The maximum Gasteiger partial charge on any atom is 0.257 e. The van der Waals surface area contributed by atoms with Crippen LogP contribution in [0.1, 0.15) is 46.3 Å². The second-order valence-corrected chi connectivity index (χ2v) is 11.7. The fourth-order valence-corrected chi connectivity index (χ4v) is 5.79. The van der Waals surface area contributed by atoms with Gasteiger partial charge in [-0.3, -0.25) is 14.3 Å². The van der Waals surface area contributed by atoms with Crippen molar-refractivity contribution < 1.29 is 27.9 Å². The number of hydrogen-bond donors (Lipinski definition) is 4. The Bertz CT molecular complexity index is 1520. The number of rotatable bonds is 10. The summed E-state index contributed by atoms with van der Waals surface area (Å²) in [5.74, 6) is -0.426. The number of ether oxygens (including phenoxy) is 1. The molecule has 3 aromatic rings. The molecule has 0 fully saturated rings. The van der Waals surface area contributed by atoms with Crippen LogP contribution in [0.2, 0.25) is 5.02 Å². The Morgan fingerprint density at radius 3 is 2.62 bits per heavy atom. The fraction of sp³-hybridized carbons (Fsp3) is 0.286. The molecule has 2 amide bonds. The highest BCUT2D eigenvalue weighted by atomic mass is 35.5. The first-order chi connectivity index (χ1) is 18.5. The third-order valence-electron chi connectivity index (χ3n) is 6.30. The van der Waals surface area contributed by atoms with Crippen molar-refractivity contribution in [1.82, 2.24) is 0 Å². The molecule has 206 valence electrons. The number of hydrogen-bond acceptors (Lipinski definition) is 6. The van der Waals surface area contributed by atoms with Gasteiger partial charge < -0.3 is 20.5 Å². The van der Waals surface area contributed by atoms with Crippen molar-refractivity contribution in [2.24, 2.45) is 0 Å². The molecule has 1 aliphatic rings. The summed E-state index contributed by atoms with van der Waals surface area (Å²) < 4.78 is 33.8. The standard InChI is InChI=1S/C28H30ClN3O6S/c1-17-9-11-24(18(2)15-17)38-13-5-6-14-39(36,37)32-22-8-4-3-7-19(22)28(35)30-23-16-21(29)26-20(27(23)34)10-12-25(33)31-26/h3-4,7-9,11,15-16,32,34H,5-6,10,12-14H2,1-2H3,(H,30,35)(H,31,33). The number of carbonyl (C=O) groups excluding carboxylic acids is 2. The van der Waals surface area contributed by atoms with Gasteiger partial charge in [0.1, 0.15) is 11.5 Å². The number of sulfonamides is 1. The molecule has 0 aliphatic carbocycles. The smallest absolute Gasteiger partial charge is 0.257 e. The molecule has 0 bridgehead atoms. The minimum atomic E-state index is -3.75. The third-order valence-corrected chi connectivity index (χ3v) is 7.96. The first kappa shape index (κ1) is 28.3. The summed E-state index contributed by atoms with van der Waals surface area (Å²) in [5, 5.41) is 16.1. The molecular formula is C28H30ClN3O6S. The van der Waals surface area contributed by atoms with Crippen LogP contribution in [-0.4, -0.2) is 37.7 Å². The molecule has 0 unspecified atom stereocenters. The lowest BCUT2D eigenvalue weighted by atomic mass is 10.0. The number of benzene rings is 3. The molecule has 0 aromatic heterocycles. The van der Waals surface area contributed by atoms with Crippen molar-refractivity contribution in [3.63, 3.8) is 0 Å². The van der Waals surface area contributed by atoms with E-state index in [2.05, 4.69) is 15.4 Å². The molecule has 3 aromatic carbocycles. The quantitative estimate of drug-likeness (QED) is 0.190. The molecule has 0 radical (unpaired) electrons. The van der Waals surface area contributed by atoms with E-state index in [9.17, 15) is 23.1 Å². The van der Waals surface area contributed by atoms with E-state index >= 15 is 0 Å². The molecule has 39 heavy (non-hydrogen) atoms. The monoisotopic (exact) mass is 571 g/mol. The highest BCUT2D eigenvalue weighted by Gasteiger charge is 2.25. The van der Waals surface area contributed by atoms with E-state index in [0.717, 1.165) is 16.9 Å². The van der Waals surface area contributed by atoms with Crippen LogP contribution in [0.4, 0.5) is 17.1 Å². The minimum Gasteiger partial charge on any atom is -0.505 e. The third kappa shape index (κ3) is 7.01. The van der Waals surface area contributed by atoms with Crippen molar-refractivity contribution in [2.45, 2.75) is 39.5 Å². The van der Waals surface area contributed by atoms with Gasteiger partial charge in [0, 0.05) is 12.0 Å². The summed E-state index contributed by atoms with van der Waals surface area (Å²) in [4.78, 5) is 24.8. The summed E-state index contributed by atoms with van der Waals surface area (Å²) in [5.41, 5.74) is 3.14. The van der Waals surface area contributed by atoms with Gasteiger partial charge in [0.25, 0.3) is 5.91 Å². The van der Waals surface area contributed by atoms with Crippen LogP contribution < -0.4 is 20.1 Å². The molecule has 0 saturated carbocycles. The number of nitrogens with one attached hydrogen (secondary N) is 3. The van der Waals surface area contributed by atoms with Gasteiger partial charge >= 0.3 is 0 Å².